The number of methoxy groups -OCH3 is 1. The minimum atomic E-state index is -0.552. The van der Waals surface area contributed by atoms with Crippen LogP contribution in [0.2, 0.25) is 5.02 Å². The number of aromatic nitrogens is 2. The summed E-state index contributed by atoms with van der Waals surface area (Å²) in [4.78, 5) is 26.7. The number of hydrogen-bond acceptors (Lipinski definition) is 8. The molecular weight excluding hydrogens is 499 g/mol. The summed E-state index contributed by atoms with van der Waals surface area (Å²) in [5.74, 6) is -0.0805. The molecule has 1 aromatic heterocycles. The van der Waals surface area contributed by atoms with Gasteiger partial charge >= 0.3 is 5.97 Å². The largest absolute Gasteiger partial charge is 0.489 e. The van der Waals surface area contributed by atoms with E-state index in [1.165, 1.54) is 12.4 Å². The minimum Gasteiger partial charge on any atom is -0.489 e. The van der Waals surface area contributed by atoms with Gasteiger partial charge in [0.05, 0.1) is 33.9 Å². The third-order valence-electron chi connectivity index (χ3n) is 6.11. The fraction of sp³-hybridized carbons (Fsp3) is 0.444. The number of benzene rings is 2. The monoisotopic (exact) mass is 530 g/mol. The van der Waals surface area contributed by atoms with Gasteiger partial charge in [0.2, 0.25) is 0 Å². The second-order valence-electron chi connectivity index (χ2n) is 10.0. The predicted molar refractivity (Wildman–Crippen MR) is 141 cm³/mol. The number of nitrogens with zero attached hydrogens (tertiary/aromatic N) is 3. The molecule has 0 aliphatic carbocycles. The zero-order valence-corrected chi connectivity index (χ0v) is 22.3. The molecule has 1 aliphatic heterocycles. The number of piperidine rings is 1. The number of fused-ring (bicyclic) bond motifs is 1. The maximum atomic E-state index is 13.8. The van der Waals surface area contributed by atoms with Crippen LogP contribution in [0.15, 0.2) is 36.7 Å². The molecule has 198 valence electrons. The summed E-state index contributed by atoms with van der Waals surface area (Å²) in [6.45, 7) is 7.58. The molecule has 2 aromatic carbocycles. The molecule has 1 fully saturated rings. The highest BCUT2D eigenvalue weighted by Gasteiger charge is 2.28. The Hall–Kier alpha value is -3.01. The second kappa shape index (κ2) is 11.6. The lowest BCUT2D eigenvalue weighted by Gasteiger charge is -2.33. The first-order valence-electron chi connectivity index (χ1n) is 12.3. The van der Waals surface area contributed by atoms with Gasteiger partial charge in [-0.05, 0) is 57.9 Å². The average molecular weight is 531 g/mol. The fourth-order valence-electron chi connectivity index (χ4n) is 3.99. The van der Waals surface area contributed by atoms with Crippen molar-refractivity contribution >= 4 is 34.2 Å². The van der Waals surface area contributed by atoms with Gasteiger partial charge in [0, 0.05) is 43.3 Å². The summed E-state index contributed by atoms with van der Waals surface area (Å²) < 4.78 is 24.9. The molecular formula is C27H32ClFN4O4. The van der Waals surface area contributed by atoms with Crippen LogP contribution < -0.4 is 10.1 Å². The van der Waals surface area contributed by atoms with E-state index in [0.717, 1.165) is 23.9 Å². The van der Waals surface area contributed by atoms with Gasteiger partial charge in [-0.3, -0.25) is 0 Å². The minimum absolute atomic E-state index is 0.0288. The molecule has 4 rings (SSSR count). The molecule has 1 saturated heterocycles. The maximum absolute atomic E-state index is 13.8. The van der Waals surface area contributed by atoms with E-state index in [2.05, 4.69) is 15.3 Å². The summed E-state index contributed by atoms with van der Waals surface area (Å²) in [5.41, 5.74) is 2.25. The summed E-state index contributed by atoms with van der Waals surface area (Å²) in [6, 6.07) is 8.49. The van der Waals surface area contributed by atoms with Crippen molar-refractivity contribution in [2.75, 3.05) is 38.7 Å². The summed E-state index contributed by atoms with van der Waals surface area (Å²) in [5, 5.41) is 6.14. The normalized spacial score (nSPS) is 15.1. The van der Waals surface area contributed by atoms with Gasteiger partial charge < -0.3 is 19.6 Å². The molecule has 0 bridgehead atoms. The van der Waals surface area contributed by atoms with Crippen LogP contribution in [-0.2, 0) is 14.4 Å². The van der Waals surface area contributed by atoms with E-state index in [1.807, 2.05) is 32.9 Å². The molecule has 0 spiro atoms. The van der Waals surface area contributed by atoms with Crippen LogP contribution in [0.25, 0.3) is 22.2 Å². The summed E-state index contributed by atoms with van der Waals surface area (Å²) in [7, 11) is 1.62. The zero-order valence-electron chi connectivity index (χ0n) is 21.5. The zero-order chi connectivity index (χ0) is 26.6. The summed E-state index contributed by atoms with van der Waals surface area (Å²) >= 11 is 6.04. The quantitative estimate of drug-likeness (QED) is 0.382. The van der Waals surface area contributed by atoms with E-state index in [9.17, 15) is 9.18 Å². The third kappa shape index (κ3) is 6.66. The Morgan fingerprint density at radius 2 is 1.92 bits per heavy atom. The van der Waals surface area contributed by atoms with Gasteiger partial charge in [-0.15, -0.1) is 5.06 Å². The Morgan fingerprint density at radius 1 is 1.16 bits per heavy atom. The molecule has 0 saturated carbocycles. The van der Waals surface area contributed by atoms with Crippen LogP contribution in [0, 0.1) is 11.2 Å². The van der Waals surface area contributed by atoms with Gasteiger partial charge in [-0.2, -0.15) is 0 Å². The molecule has 37 heavy (non-hydrogen) atoms. The van der Waals surface area contributed by atoms with E-state index in [4.69, 9.17) is 25.9 Å². The van der Waals surface area contributed by atoms with Crippen molar-refractivity contribution in [3.8, 4) is 17.0 Å². The predicted octanol–water partition coefficient (Wildman–Crippen LogP) is 5.50. The van der Waals surface area contributed by atoms with Gasteiger partial charge in [0.1, 0.15) is 24.5 Å². The molecule has 0 radical (unpaired) electrons. The summed E-state index contributed by atoms with van der Waals surface area (Å²) in [6.07, 6.45) is 3.02. The van der Waals surface area contributed by atoms with E-state index in [1.54, 1.807) is 24.3 Å². The molecule has 0 atom stereocenters. The smallest absolute Gasteiger partial charge is 0.330 e. The van der Waals surface area contributed by atoms with Crippen LogP contribution in [0.1, 0.15) is 33.6 Å². The number of anilines is 1. The second-order valence-corrected chi connectivity index (χ2v) is 10.4. The molecule has 2 heterocycles. The van der Waals surface area contributed by atoms with Crippen molar-refractivity contribution in [2.45, 2.75) is 39.7 Å². The lowest BCUT2D eigenvalue weighted by atomic mass is 9.98. The van der Waals surface area contributed by atoms with Crippen LogP contribution >= 0.6 is 11.6 Å². The average Bonchev–Trinajstić information content (AvgIpc) is 2.86. The van der Waals surface area contributed by atoms with Crippen molar-refractivity contribution in [2.24, 2.45) is 5.41 Å². The Kier molecular flexibility index (Phi) is 8.46. The maximum Gasteiger partial charge on any atom is 0.330 e. The topological polar surface area (TPSA) is 85.8 Å². The molecule has 3 aromatic rings. The number of carbonyl (C=O) groups is 1. The first-order valence-corrected chi connectivity index (χ1v) is 12.6. The Bertz CT molecular complexity index is 1260. The van der Waals surface area contributed by atoms with Crippen LogP contribution in [0.5, 0.6) is 5.75 Å². The first-order chi connectivity index (χ1) is 17.7. The highest BCUT2D eigenvalue weighted by atomic mass is 35.5. The van der Waals surface area contributed by atoms with Crippen LogP contribution in [0.3, 0.4) is 0 Å². The highest BCUT2D eigenvalue weighted by Crippen LogP contribution is 2.36. The van der Waals surface area contributed by atoms with Crippen LogP contribution in [-0.4, -0.2) is 60.5 Å². The number of hydroxylamine groups is 2. The van der Waals surface area contributed by atoms with E-state index < -0.39 is 11.2 Å². The van der Waals surface area contributed by atoms with Crippen LogP contribution in [0.4, 0.5) is 10.1 Å². The first kappa shape index (κ1) is 27.0. The van der Waals surface area contributed by atoms with Crippen molar-refractivity contribution in [1.29, 1.82) is 0 Å². The van der Waals surface area contributed by atoms with Crippen molar-refractivity contribution in [3.63, 3.8) is 0 Å². The fourth-order valence-corrected chi connectivity index (χ4v) is 4.17. The Labute approximate surface area is 221 Å². The Balaban J connectivity index is 1.59. The number of rotatable bonds is 8. The number of hydrogen-bond donors (Lipinski definition) is 1. The molecule has 1 aliphatic rings. The van der Waals surface area contributed by atoms with E-state index in [-0.39, 0.29) is 17.0 Å². The van der Waals surface area contributed by atoms with Gasteiger partial charge in [-0.25, -0.2) is 19.2 Å². The van der Waals surface area contributed by atoms with Gasteiger partial charge in [-0.1, -0.05) is 11.6 Å². The highest BCUT2D eigenvalue weighted by molar-refractivity contribution is 6.31. The van der Waals surface area contributed by atoms with Gasteiger partial charge in [0.25, 0.3) is 0 Å². The molecule has 0 unspecified atom stereocenters. The van der Waals surface area contributed by atoms with E-state index in [0.29, 0.717) is 48.8 Å². The number of ether oxygens (including phenoxy) is 2. The molecule has 8 nitrogen and oxygen atoms in total. The van der Waals surface area contributed by atoms with Crippen molar-refractivity contribution < 1.29 is 23.5 Å². The molecule has 0 amide bonds. The number of carbonyl (C=O) groups excluding carboxylic acids is 1. The lowest BCUT2D eigenvalue weighted by molar-refractivity contribution is -0.204. The Morgan fingerprint density at radius 3 is 2.59 bits per heavy atom. The lowest BCUT2D eigenvalue weighted by Crippen LogP contribution is -2.42. The standard InChI is InChI=1S/C27H32ClFN4O4/c1-27(2,3)26(34)37-33-9-7-18(8-10-33)32-23-14-19-22(15-24(23)36-12-11-35-4)30-16-31-25(19)17-5-6-21(29)20(28)13-17/h5-6,13-16,18,32H,7-12H2,1-4H3. The van der Waals surface area contributed by atoms with Gasteiger partial charge in [0.15, 0.2) is 0 Å². The number of halogens is 2. The van der Waals surface area contributed by atoms with E-state index >= 15 is 0 Å². The SMILES string of the molecule is COCCOc1cc2ncnc(-c3ccc(F)c(Cl)c3)c2cc1NC1CCN(OC(=O)C(C)(C)C)CC1. The molecule has 10 heteroatoms. The van der Waals surface area contributed by atoms with Crippen molar-refractivity contribution in [3.05, 3.63) is 47.5 Å². The van der Waals surface area contributed by atoms with Crippen molar-refractivity contribution in [1.82, 2.24) is 15.0 Å². The third-order valence-corrected chi connectivity index (χ3v) is 6.40. The molecule has 1 N–H and O–H groups in total. The number of nitrogens with one attached hydrogen (secondary N) is 1.